The Hall–Kier alpha value is -2.79. The number of carbonyl (C=O) groups is 1. The molecule has 3 rings (SSSR count). The summed E-state index contributed by atoms with van der Waals surface area (Å²) in [5, 5.41) is 11.8. The number of carbonyl (C=O) groups excluding carboxylic acids is 1. The molecular formula is C18H12ClO5-. The number of halogens is 1. The first-order chi connectivity index (χ1) is 11.5. The third kappa shape index (κ3) is 2.98. The van der Waals surface area contributed by atoms with E-state index in [1.807, 2.05) is 0 Å². The van der Waals surface area contributed by atoms with Gasteiger partial charge in [0.15, 0.2) is 5.76 Å². The maximum Gasteiger partial charge on any atom is 0.235 e. The zero-order chi connectivity index (χ0) is 17.3. The van der Waals surface area contributed by atoms with Crippen LogP contribution in [-0.4, -0.2) is 12.1 Å². The van der Waals surface area contributed by atoms with Crippen LogP contribution in [0.15, 0.2) is 57.7 Å². The molecule has 3 aromatic rings. The molecule has 0 aliphatic heterocycles. The summed E-state index contributed by atoms with van der Waals surface area (Å²) in [7, 11) is 0. The van der Waals surface area contributed by atoms with E-state index in [9.17, 15) is 14.7 Å². The standard InChI is InChI=1S/C18H13ClO5/c1-10(18(21)22)23-17-15(20)13-4-2-3-5-14(13)24-16(17)11-6-8-12(19)9-7-11/h2-10H,1H3,(H,21,22)/p-1/t10-/m1/s1. The number of carboxylic acids is 1. The number of fused-ring (bicyclic) bond motifs is 1. The lowest BCUT2D eigenvalue weighted by Crippen LogP contribution is -2.38. The van der Waals surface area contributed by atoms with E-state index in [4.69, 9.17) is 20.8 Å². The van der Waals surface area contributed by atoms with E-state index in [0.29, 0.717) is 21.6 Å². The molecule has 0 bridgehead atoms. The fourth-order valence-electron chi connectivity index (χ4n) is 2.25. The highest BCUT2D eigenvalue weighted by Gasteiger charge is 2.20. The Morgan fingerprint density at radius 3 is 2.50 bits per heavy atom. The maximum absolute atomic E-state index is 12.7. The van der Waals surface area contributed by atoms with Gasteiger partial charge in [0, 0.05) is 10.6 Å². The molecule has 0 N–H and O–H groups in total. The van der Waals surface area contributed by atoms with Crippen LogP contribution >= 0.6 is 11.6 Å². The Kier molecular flexibility index (Phi) is 4.27. The van der Waals surface area contributed by atoms with Crippen LogP contribution in [0.2, 0.25) is 5.02 Å². The van der Waals surface area contributed by atoms with Gasteiger partial charge in [-0.1, -0.05) is 23.7 Å². The highest BCUT2D eigenvalue weighted by atomic mass is 35.5. The first-order valence-electron chi connectivity index (χ1n) is 7.16. The van der Waals surface area contributed by atoms with Crippen LogP contribution in [0, 0.1) is 0 Å². The predicted octanol–water partition coefficient (Wildman–Crippen LogP) is 2.63. The van der Waals surface area contributed by atoms with E-state index in [1.165, 1.54) is 6.92 Å². The van der Waals surface area contributed by atoms with Gasteiger partial charge in [-0.05, 0) is 43.3 Å². The van der Waals surface area contributed by atoms with E-state index in [-0.39, 0.29) is 11.5 Å². The molecule has 24 heavy (non-hydrogen) atoms. The van der Waals surface area contributed by atoms with E-state index < -0.39 is 17.5 Å². The van der Waals surface area contributed by atoms with Gasteiger partial charge in [0.2, 0.25) is 11.2 Å². The number of aliphatic carboxylic acids is 1. The Morgan fingerprint density at radius 2 is 1.83 bits per heavy atom. The van der Waals surface area contributed by atoms with Gasteiger partial charge in [-0.15, -0.1) is 0 Å². The molecule has 0 saturated carbocycles. The van der Waals surface area contributed by atoms with Crippen LogP contribution < -0.4 is 15.3 Å². The molecule has 1 heterocycles. The number of para-hydroxylation sites is 1. The molecule has 1 atom stereocenters. The highest BCUT2D eigenvalue weighted by Crippen LogP contribution is 2.32. The summed E-state index contributed by atoms with van der Waals surface area (Å²) in [6.07, 6.45) is -1.31. The van der Waals surface area contributed by atoms with Gasteiger partial charge in [-0.25, -0.2) is 0 Å². The minimum atomic E-state index is -1.43. The summed E-state index contributed by atoms with van der Waals surface area (Å²) in [4.78, 5) is 23.7. The van der Waals surface area contributed by atoms with Gasteiger partial charge in [-0.3, -0.25) is 4.79 Å². The second kappa shape index (κ2) is 6.37. The normalized spacial score (nSPS) is 12.1. The van der Waals surface area contributed by atoms with E-state index in [2.05, 4.69) is 0 Å². The molecule has 0 amide bonds. The average Bonchev–Trinajstić information content (AvgIpc) is 2.58. The largest absolute Gasteiger partial charge is 0.546 e. The molecule has 5 nitrogen and oxygen atoms in total. The zero-order valence-electron chi connectivity index (χ0n) is 12.6. The van der Waals surface area contributed by atoms with Gasteiger partial charge in [0.1, 0.15) is 11.7 Å². The van der Waals surface area contributed by atoms with Crippen molar-refractivity contribution in [2.75, 3.05) is 0 Å². The monoisotopic (exact) mass is 343 g/mol. The lowest BCUT2D eigenvalue weighted by atomic mass is 10.1. The topological polar surface area (TPSA) is 79.6 Å². The Morgan fingerprint density at radius 1 is 1.17 bits per heavy atom. The SMILES string of the molecule is C[C@@H](Oc1c(-c2ccc(Cl)cc2)oc2ccccc2c1=O)C(=O)[O-]. The van der Waals surface area contributed by atoms with Gasteiger partial charge < -0.3 is 19.1 Å². The Labute approximate surface area is 142 Å². The lowest BCUT2D eigenvalue weighted by Gasteiger charge is -2.17. The van der Waals surface area contributed by atoms with Crippen LogP contribution in [0.25, 0.3) is 22.3 Å². The van der Waals surface area contributed by atoms with Crippen molar-refractivity contribution in [2.24, 2.45) is 0 Å². The quantitative estimate of drug-likeness (QED) is 0.727. The number of benzene rings is 2. The fourth-order valence-corrected chi connectivity index (χ4v) is 2.37. The predicted molar refractivity (Wildman–Crippen MR) is 88.0 cm³/mol. The summed E-state index contributed by atoms with van der Waals surface area (Å²) >= 11 is 5.88. The third-order valence-corrected chi connectivity index (χ3v) is 3.74. The minimum absolute atomic E-state index is 0.142. The van der Waals surface area contributed by atoms with E-state index in [1.54, 1.807) is 48.5 Å². The number of hydrogen-bond donors (Lipinski definition) is 0. The smallest absolute Gasteiger partial charge is 0.235 e. The van der Waals surface area contributed by atoms with Crippen molar-refractivity contribution >= 4 is 28.5 Å². The lowest BCUT2D eigenvalue weighted by molar-refractivity contribution is -0.312. The fraction of sp³-hybridized carbons (Fsp3) is 0.111. The molecule has 0 spiro atoms. The summed E-state index contributed by atoms with van der Waals surface area (Å²) < 4.78 is 11.1. The van der Waals surface area contributed by atoms with E-state index in [0.717, 1.165) is 0 Å². The molecular weight excluding hydrogens is 332 g/mol. The maximum atomic E-state index is 12.7. The molecule has 0 unspecified atom stereocenters. The molecule has 0 fully saturated rings. The van der Waals surface area contributed by atoms with Gasteiger partial charge >= 0.3 is 0 Å². The van der Waals surface area contributed by atoms with Crippen molar-refractivity contribution in [1.82, 2.24) is 0 Å². The molecule has 0 saturated heterocycles. The van der Waals surface area contributed by atoms with Crippen molar-refractivity contribution < 1.29 is 19.1 Å². The average molecular weight is 344 g/mol. The van der Waals surface area contributed by atoms with Crippen molar-refractivity contribution in [3.63, 3.8) is 0 Å². The van der Waals surface area contributed by atoms with Crippen LogP contribution in [0.1, 0.15) is 6.92 Å². The molecule has 122 valence electrons. The van der Waals surface area contributed by atoms with Crippen molar-refractivity contribution in [2.45, 2.75) is 13.0 Å². The number of carboxylic acid groups (broad SMARTS) is 1. The van der Waals surface area contributed by atoms with Gasteiger partial charge in [-0.2, -0.15) is 0 Å². The third-order valence-electron chi connectivity index (χ3n) is 3.49. The second-order valence-corrected chi connectivity index (χ2v) is 5.61. The van der Waals surface area contributed by atoms with Crippen LogP contribution in [0.5, 0.6) is 5.75 Å². The first-order valence-corrected chi connectivity index (χ1v) is 7.54. The molecule has 0 aliphatic rings. The molecule has 1 aromatic heterocycles. The van der Waals surface area contributed by atoms with Crippen LogP contribution in [-0.2, 0) is 4.79 Å². The van der Waals surface area contributed by atoms with Crippen LogP contribution in [0.4, 0.5) is 0 Å². The molecule has 0 aliphatic carbocycles. The molecule has 0 radical (unpaired) electrons. The van der Waals surface area contributed by atoms with Gasteiger partial charge in [0.25, 0.3) is 0 Å². The summed E-state index contributed by atoms with van der Waals surface area (Å²) in [5.41, 5.74) is 0.471. The molecule has 6 heteroatoms. The van der Waals surface area contributed by atoms with E-state index >= 15 is 0 Å². The number of rotatable bonds is 4. The first kappa shape index (κ1) is 16.1. The zero-order valence-corrected chi connectivity index (χ0v) is 13.4. The van der Waals surface area contributed by atoms with Crippen molar-refractivity contribution in [3.8, 4) is 17.1 Å². The summed E-state index contributed by atoms with van der Waals surface area (Å²) in [5.74, 6) is -1.46. The summed E-state index contributed by atoms with van der Waals surface area (Å²) in [6, 6.07) is 13.3. The van der Waals surface area contributed by atoms with Crippen molar-refractivity contribution in [3.05, 3.63) is 63.8 Å². The number of hydrogen-bond acceptors (Lipinski definition) is 5. The highest BCUT2D eigenvalue weighted by molar-refractivity contribution is 6.30. The second-order valence-electron chi connectivity index (χ2n) is 5.17. The number of ether oxygens (including phenoxy) is 1. The Bertz CT molecular complexity index is 959. The summed E-state index contributed by atoms with van der Waals surface area (Å²) in [6.45, 7) is 1.29. The molecule has 2 aromatic carbocycles. The Balaban J connectivity index is 2.26. The van der Waals surface area contributed by atoms with Crippen molar-refractivity contribution in [1.29, 1.82) is 0 Å². The van der Waals surface area contributed by atoms with Gasteiger partial charge in [0.05, 0.1) is 11.4 Å². The minimum Gasteiger partial charge on any atom is -0.546 e. The van der Waals surface area contributed by atoms with Crippen LogP contribution in [0.3, 0.4) is 0 Å².